The van der Waals surface area contributed by atoms with Gasteiger partial charge in [-0.05, 0) is 19.4 Å². The molecular weight excluding hydrogens is 292 g/mol. The Bertz CT molecular complexity index is 385. The van der Waals surface area contributed by atoms with E-state index in [1.807, 2.05) is 0 Å². The van der Waals surface area contributed by atoms with Gasteiger partial charge in [-0.15, -0.1) is 0 Å². The van der Waals surface area contributed by atoms with Gasteiger partial charge in [0.25, 0.3) is 0 Å². The molecule has 0 amide bonds. The van der Waals surface area contributed by atoms with Gasteiger partial charge in [-0.2, -0.15) is 11.8 Å². The summed E-state index contributed by atoms with van der Waals surface area (Å²) in [7, 11) is -3.00. The SMILES string of the molecule is CCS(=O)(=O)C1CSCCN1C(C)C(C)CNC(C)C. The van der Waals surface area contributed by atoms with Crippen molar-refractivity contribution in [1.82, 2.24) is 10.2 Å². The Morgan fingerprint density at radius 1 is 1.30 bits per heavy atom. The zero-order valence-electron chi connectivity index (χ0n) is 13.4. The first-order chi connectivity index (χ1) is 9.29. The molecule has 3 unspecified atom stereocenters. The molecule has 120 valence electrons. The average molecular weight is 323 g/mol. The second-order valence-corrected chi connectivity index (χ2v) is 9.60. The zero-order chi connectivity index (χ0) is 15.3. The van der Waals surface area contributed by atoms with Crippen LogP contribution in [0.5, 0.6) is 0 Å². The smallest absolute Gasteiger partial charge is 0.166 e. The molecule has 1 fully saturated rings. The Kier molecular flexibility index (Phi) is 7.32. The van der Waals surface area contributed by atoms with Crippen molar-refractivity contribution in [2.45, 2.75) is 52.1 Å². The van der Waals surface area contributed by atoms with E-state index in [9.17, 15) is 8.42 Å². The molecule has 0 bridgehead atoms. The van der Waals surface area contributed by atoms with Crippen LogP contribution in [-0.2, 0) is 9.84 Å². The number of nitrogens with one attached hydrogen (secondary N) is 1. The molecule has 0 saturated carbocycles. The fraction of sp³-hybridized carbons (Fsp3) is 1.00. The molecule has 20 heavy (non-hydrogen) atoms. The zero-order valence-corrected chi connectivity index (χ0v) is 15.1. The summed E-state index contributed by atoms with van der Waals surface area (Å²) < 4.78 is 24.6. The maximum absolute atomic E-state index is 12.3. The van der Waals surface area contributed by atoms with Crippen molar-refractivity contribution in [2.75, 3.05) is 30.3 Å². The first-order valence-electron chi connectivity index (χ1n) is 7.58. The maximum Gasteiger partial charge on any atom is 0.166 e. The molecule has 1 saturated heterocycles. The molecule has 0 spiro atoms. The second kappa shape index (κ2) is 8.01. The Morgan fingerprint density at radius 3 is 2.50 bits per heavy atom. The highest BCUT2D eigenvalue weighted by Crippen LogP contribution is 2.26. The minimum atomic E-state index is -3.00. The highest BCUT2D eigenvalue weighted by molar-refractivity contribution is 8.01. The standard InChI is InChI=1S/C14H30N2O2S2/c1-6-20(17,18)14-10-19-8-7-16(14)13(5)12(4)9-15-11(2)3/h11-15H,6-10H2,1-5H3. The quantitative estimate of drug-likeness (QED) is 0.775. The predicted octanol–water partition coefficient (Wildman–Crippen LogP) is 1.82. The van der Waals surface area contributed by atoms with E-state index in [1.165, 1.54) is 0 Å². The Hall–Kier alpha value is 0.220. The lowest BCUT2D eigenvalue weighted by molar-refractivity contribution is 0.154. The van der Waals surface area contributed by atoms with Crippen LogP contribution in [0.4, 0.5) is 0 Å². The maximum atomic E-state index is 12.3. The van der Waals surface area contributed by atoms with Crippen LogP contribution in [0.15, 0.2) is 0 Å². The van der Waals surface area contributed by atoms with Crippen molar-refractivity contribution >= 4 is 21.6 Å². The normalized spacial score (nSPS) is 24.8. The number of nitrogens with zero attached hydrogens (tertiary/aromatic N) is 1. The largest absolute Gasteiger partial charge is 0.314 e. The van der Waals surface area contributed by atoms with Crippen molar-refractivity contribution in [3.8, 4) is 0 Å². The highest BCUT2D eigenvalue weighted by Gasteiger charge is 2.36. The Morgan fingerprint density at radius 2 is 1.95 bits per heavy atom. The van der Waals surface area contributed by atoms with Crippen LogP contribution in [0.25, 0.3) is 0 Å². The van der Waals surface area contributed by atoms with Crippen LogP contribution in [0, 0.1) is 5.92 Å². The van der Waals surface area contributed by atoms with E-state index in [1.54, 1.807) is 18.7 Å². The number of hydrogen-bond acceptors (Lipinski definition) is 5. The van der Waals surface area contributed by atoms with Gasteiger partial charge >= 0.3 is 0 Å². The summed E-state index contributed by atoms with van der Waals surface area (Å²) in [6, 6.07) is 0.755. The molecule has 1 rings (SSSR count). The fourth-order valence-corrected chi connectivity index (χ4v) is 5.59. The molecule has 0 aliphatic carbocycles. The van der Waals surface area contributed by atoms with Crippen molar-refractivity contribution < 1.29 is 8.42 Å². The molecule has 3 atom stereocenters. The molecule has 0 aromatic rings. The summed E-state index contributed by atoms with van der Waals surface area (Å²) in [6.45, 7) is 12.2. The summed E-state index contributed by atoms with van der Waals surface area (Å²) >= 11 is 1.76. The van der Waals surface area contributed by atoms with Gasteiger partial charge in [0.2, 0.25) is 0 Å². The van der Waals surface area contributed by atoms with Crippen molar-refractivity contribution in [1.29, 1.82) is 0 Å². The van der Waals surface area contributed by atoms with Gasteiger partial charge in [-0.25, -0.2) is 8.42 Å². The van der Waals surface area contributed by atoms with Crippen LogP contribution in [0.2, 0.25) is 0 Å². The van der Waals surface area contributed by atoms with Gasteiger partial charge in [0.15, 0.2) is 9.84 Å². The molecule has 0 aromatic carbocycles. The summed E-state index contributed by atoms with van der Waals surface area (Å²) in [5.74, 6) is 2.42. The van der Waals surface area contributed by atoms with Crippen molar-refractivity contribution in [2.24, 2.45) is 5.92 Å². The summed E-state index contributed by atoms with van der Waals surface area (Å²) in [6.07, 6.45) is 0. The van der Waals surface area contributed by atoms with Crippen LogP contribution >= 0.6 is 11.8 Å². The van der Waals surface area contributed by atoms with Gasteiger partial charge < -0.3 is 5.32 Å². The number of hydrogen-bond donors (Lipinski definition) is 1. The van der Waals surface area contributed by atoms with Crippen molar-refractivity contribution in [3.05, 3.63) is 0 Å². The molecule has 0 aromatic heterocycles. The van der Waals surface area contributed by atoms with E-state index in [0.29, 0.717) is 17.7 Å². The number of rotatable bonds is 7. The fourth-order valence-electron chi connectivity index (χ4n) is 2.48. The molecule has 6 heteroatoms. The lowest BCUT2D eigenvalue weighted by Gasteiger charge is -2.41. The highest BCUT2D eigenvalue weighted by atomic mass is 32.2. The molecule has 1 aliphatic rings. The van der Waals surface area contributed by atoms with Gasteiger partial charge in [0, 0.05) is 35.9 Å². The van der Waals surface area contributed by atoms with E-state index in [2.05, 4.69) is 37.9 Å². The molecule has 1 heterocycles. The van der Waals surface area contributed by atoms with Crippen LogP contribution in [0.3, 0.4) is 0 Å². The molecule has 4 nitrogen and oxygen atoms in total. The average Bonchev–Trinajstić information content (AvgIpc) is 2.43. The second-order valence-electron chi connectivity index (χ2n) is 6.00. The Labute approximate surface area is 129 Å². The van der Waals surface area contributed by atoms with Crippen LogP contribution in [-0.4, -0.2) is 61.1 Å². The lowest BCUT2D eigenvalue weighted by atomic mass is 10.0. The number of sulfone groups is 1. The third-order valence-electron chi connectivity index (χ3n) is 4.14. The predicted molar refractivity (Wildman–Crippen MR) is 89.0 cm³/mol. The van der Waals surface area contributed by atoms with Gasteiger partial charge in [0.1, 0.15) is 5.37 Å². The summed E-state index contributed by atoms with van der Waals surface area (Å²) in [4.78, 5) is 2.21. The van der Waals surface area contributed by atoms with E-state index in [-0.39, 0.29) is 17.2 Å². The van der Waals surface area contributed by atoms with Crippen LogP contribution in [0.1, 0.15) is 34.6 Å². The van der Waals surface area contributed by atoms with E-state index in [0.717, 1.165) is 18.8 Å². The summed E-state index contributed by atoms with van der Waals surface area (Å²) in [5.41, 5.74) is 0. The first-order valence-corrected chi connectivity index (χ1v) is 10.4. The van der Waals surface area contributed by atoms with Gasteiger partial charge in [-0.3, -0.25) is 4.90 Å². The molecule has 0 radical (unpaired) electrons. The van der Waals surface area contributed by atoms with E-state index >= 15 is 0 Å². The first kappa shape index (κ1) is 18.3. The third-order valence-corrected chi connectivity index (χ3v) is 7.44. The van der Waals surface area contributed by atoms with Gasteiger partial charge in [0.05, 0.1) is 0 Å². The van der Waals surface area contributed by atoms with Crippen LogP contribution < -0.4 is 5.32 Å². The monoisotopic (exact) mass is 322 g/mol. The number of thioether (sulfide) groups is 1. The van der Waals surface area contributed by atoms with E-state index in [4.69, 9.17) is 0 Å². The van der Waals surface area contributed by atoms with Crippen molar-refractivity contribution in [3.63, 3.8) is 0 Å². The topological polar surface area (TPSA) is 49.4 Å². The molecule has 1 aliphatic heterocycles. The molecular formula is C14H30N2O2S2. The lowest BCUT2D eigenvalue weighted by Crippen LogP contribution is -2.54. The third kappa shape index (κ3) is 4.90. The minimum Gasteiger partial charge on any atom is -0.314 e. The van der Waals surface area contributed by atoms with Gasteiger partial charge in [-0.1, -0.05) is 27.7 Å². The Balaban J connectivity index is 2.74. The minimum absolute atomic E-state index is 0.236. The summed E-state index contributed by atoms with van der Waals surface area (Å²) in [5, 5.41) is 3.15. The van der Waals surface area contributed by atoms with E-state index < -0.39 is 9.84 Å². The molecule has 1 N–H and O–H groups in total.